The highest BCUT2D eigenvalue weighted by Gasteiger charge is 2.28. The van der Waals surface area contributed by atoms with Crippen LogP contribution in [0.5, 0.6) is 0 Å². The number of hydrogen-bond acceptors (Lipinski definition) is 3. The van der Waals surface area contributed by atoms with Crippen LogP contribution in [0.1, 0.15) is 16.7 Å². The van der Waals surface area contributed by atoms with Crippen LogP contribution in [0.2, 0.25) is 10.0 Å². The third kappa shape index (κ3) is 3.79. The maximum atomic E-state index is 10.6. The minimum atomic E-state index is 0.136. The first-order valence-electron chi connectivity index (χ1n) is 14.4. The van der Waals surface area contributed by atoms with Crippen LogP contribution in [0.4, 0.5) is 0 Å². The second-order valence-electron chi connectivity index (χ2n) is 10.9. The first kappa shape index (κ1) is 27.5. The number of rotatable bonds is 3. The van der Waals surface area contributed by atoms with E-state index in [0.29, 0.717) is 22.4 Å². The van der Waals surface area contributed by atoms with Gasteiger partial charge in [0.1, 0.15) is 12.1 Å². The second kappa shape index (κ2) is 10.6. The van der Waals surface area contributed by atoms with E-state index in [4.69, 9.17) is 23.2 Å². The van der Waals surface area contributed by atoms with E-state index in [1.54, 1.807) is 24.3 Å². The van der Waals surface area contributed by atoms with Gasteiger partial charge in [-0.25, -0.2) is 0 Å². The van der Waals surface area contributed by atoms with Gasteiger partial charge in [-0.15, -0.1) is 0 Å². The van der Waals surface area contributed by atoms with E-state index >= 15 is 0 Å². The van der Waals surface area contributed by atoms with Crippen molar-refractivity contribution in [2.75, 3.05) is 0 Å². The van der Waals surface area contributed by atoms with Crippen molar-refractivity contribution in [2.45, 2.75) is 0 Å². The maximum absolute atomic E-state index is 10.6. The summed E-state index contributed by atoms with van der Waals surface area (Å²) < 4.78 is 4.20. The fraction of sp³-hybridized carbons (Fsp3) is 0. The van der Waals surface area contributed by atoms with E-state index in [1.165, 1.54) is 0 Å². The molecule has 0 aliphatic heterocycles. The molecular weight excluding hydrogens is 609 g/mol. The lowest BCUT2D eigenvalue weighted by atomic mass is 9.97. The van der Waals surface area contributed by atoms with Gasteiger partial charge in [-0.05, 0) is 54.1 Å². The van der Waals surface area contributed by atoms with Gasteiger partial charge in [0.2, 0.25) is 0 Å². The molecule has 214 valence electrons. The predicted octanol–water partition coefficient (Wildman–Crippen LogP) is 10.5. The molecule has 0 fully saturated rings. The number of nitrogens with zero attached hydrogens (tertiary/aromatic N) is 5. The molecule has 46 heavy (non-hydrogen) atoms. The zero-order valence-corrected chi connectivity index (χ0v) is 25.5. The van der Waals surface area contributed by atoms with Gasteiger partial charge in [-0.3, -0.25) is 0 Å². The molecule has 5 nitrogen and oxygen atoms in total. The highest BCUT2D eigenvalue weighted by molar-refractivity contribution is 6.41. The van der Waals surface area contributed by atoms with E-state index in [9.17, 15) is 15.8 Å². The normalized spacial score (nSPS) is 11.2. The molecule has 0 saturated carbocycles. The highest BCUT2D eigenvalue weighted by Crippen LogP contribution is 2.47. The van der Waals surface area contributed by atoms with E-state index in [1.807, 2.05) is 59.2 Å². The average Bonchev–Trinajstić information content (AvgIpc) is 3.61. The number of fused-ring (bicyclic) bond motifs is 7. The number of hydrogen-bond donors (Lipinski definition) is 0. The number of benzene rings is 6. The molecule has 8 aromatic rings. The largest absolute Gasteiger partial charge is 0.309 e. The molecule has 2 heterocycles. The summed E-state index contributed by atoms with van der Waals surface area (Å²) in [6, 6.07) is 44.1. The molecule has 0 aliphatic rings. The monoisotopic (exact) mass is 627 g/mol. The molecule has 0 radical (unpaired) electrons. The lowest BCUT2D eigenvalue weighted by molar-refractivity contribution is 1.15. The Labute approximate surface area is 273 Å². The maximum Gasteiger partial charge on any atom is 0.103 e. The Morgan fingerprint density at radius 2 is 0.978 bits per heavy atom. The smallest absolute Gasteiger partial charge is 0.103 e. The molecule has 6 aromatic carbocycles. The fourth-order valence-corrected chi connectivity index (χ4v) is 7.41. The van der Waals surface area contributed by atoms with Crippen LogP contribution in [0.15, 0.2) is 115 Å². The number of aromatic nitrogens is 2. The summed E-state index contributed by atoms with van der Waals surface area (Å²) >= 11 is 14.0. The Morgan fingerprint density at radius 1 is 0.478 bits per heavy atom. The van der Waals surface area contributed by atoms with Crippen molar-refractivity contribution in [2.24, 2.45) is 0 Å². The molecule has 0 atom stereocenters. The molecule has 0 spiro atoms. The zero-order chi connectivity index (χ0) is 31.5. The Kier molecular flexibility index (Phi) is 6.31. The van der Waals surface area contributed by atoms with Gasteiger partial charge in [-0.1, -0.05) is 89.9 Å². The Balaban J connectivity index is 1.54. The van der Waals surface area contributed by atoms with E-state index in [2.05, 4.69) is 59.2 Å². The number of para-hydroxylation sites is 3. The van der Waals surface area contributed by atoms with Crippen LogP contribution in [0.25, 0.3) is 66.1 Å². The summed E-state index contributed by atoms with van der Waals surface area (Å²) in [6.45, 7) is 0. The van der Waals surface area contributed by atoms with Crippen molar-refractivity contribution in [1.82, 2.24) is 9.13 Å². The molecular formula is C39H19Cl2N5. The predicted molar refractivity (Wildman–Crippen MR) is 185 cm³/mol. The van der Waals surface area contributed by atoms with Crippen LogP contribution < -0.4 is 0 Å². The summed E-state index contributed by atoms with van der Waals surface area (Å²) in [5, 5.41) is 34.9. The van der Waals surface area contributed by atoms with Crippen LogP contribution in [0, 0.1) is 34.0 Å². The summed E-state index contributed by atoms with van der Waals surface area (Å²) in [7, 11) is 0. The van der Waals surface area contributed by atoms with Crippen molar-refractivity contribution in [1.29, 1.82) is 15.8 Å². The fourth-order valence-electron chi connectivity index (χ4n) is 6.69. The Bertz CT molecular complexity index is 2640. The van der Waals surface area contributed by atoms with Crippen molar-refractivity contribution >= 4 is 66.8 Å². The molecule has 7 heteroatoms. The van der Waals surface area contributed by atoms with Gasteiger partial charge < -0.3 is 9.13 Å². The van der Waals surface area contributed by atoms with Crippen LogP contribution >= 0.6 is 23.2 Å². The van der Waals surface area contributed by atoms with Gasteiger partial charge in [0.15, 0.2) is 0 Å². The van der Waals surface area contributed by atoms with E-state index in [-0.39, 0.29) is 21.2 Å². The third-order valence-corrected chi connectivity index (χ3v) is 9.34. The van der Waals surface area contributed by atoms with Crippen LogP contribution in [-0.2, 0) is 0 Å². The molecule has 8 rings (SSSR count). The topological polar surface area (TPSA) is 81.2 Å². The minimum absolute atomic E-state index is 0.136. The van der Waals surface area contributed by atoms with Crippen molar-refractivity contribution in [3.8, 4) is 40.7 Å². The molecule has 0 saturated heterocycles. The molecule has 0 aliphatic carbocycles. The van der Waals surface area contributed by atoms with Gasteiger partial charge in [0.05, 0.1) is 60.6 Å². The number of nitriles is 3. The molecule has 0 amide bonds. The molecule has 0 bridgehead atoms. The van der Waals surface area contributed by atoms with E-state index in [0.717, 1.165) is 49.3 Å². The quantitative estimate of drug-likeness (QED) is 0.195. The average molecular weight is 629 g/mol. The Morgan fingerprint density at radius 3 is 1.52 bits per heavy atom. The Hall–Kier alpha value is -6.03. The summed E-state index contributed by atoms with van der Waals surface area (Å²) in [4.78, 5) is 0. The van der Waals surface area contributed by atoms with Gasteiger partial charge >= 0.3 is 0 Å². The van der Waals surface area contributed by atoms with E-state index < -0.39 is 0 Å². The second-order valence-corrected chi connectivity index (χ2v) is 11.7. The molecule has 0 unspecified atom stereocenters. The lowest BCUT2D eigenvalue weighted by Gasteiger charge is -2.18. The van der Waals surface area contributed by atoms with Crippen LogP contribution in [-0.4, -0.2) is 9.13 Å². The molecule has 2 aromatic heterocycles. The number of halogens is 2. The zero-order valence-electron chi connectivity index (χ0n) is 24.0. The lowest BCUT2D eigenvalue weighted by Crippen LogP contribution is -2.04. The third-order valence-electron chi connectivity index (χ3n) is 8.59. The van der Waals surface area contributed by atoms with Crippen molar-refractivity contribution in [3.63, 3.8) is 0 Å². The summed E-state index contributed by atoms with van der Waals surface area (Å²) in [6.07, 6.45) is 0. The standard InChI is InChI=1S/C39H19Cl2N5/c40-37-28(21-43)39(29(22-44)38(41)34(37)24-16-14-23(20-42)15-17-24)46-31-13-7-5-11-27(31)36-33(46)19-18-32-35(36)26-10-4-6-12-30(26)45(32)25-8-2-1-3-9-25/h1-19H. The van der Waals surface area contributed by atoms with Gasteiger partial charge in [0.25, 0.3) is 0 Å². The molecule has 0 N–H and O–H groups in total. The summed E-state index contributed by atoms with van der Waals surface area (Å²) in [5.41, 5.74) is 6.83. The highest BCUT2D eigenvalue weighted by atomic mass is 35.5. The van der Waals surface area contributed by atoms with Crippen LogP contribution in [0.3, 0.4) is 0 Å². The van der Waals surface area contributed by atoms with Crippen molar-refractivity contribution < 1.29 is 0 Å². The van der Waals surface area contributed by atoms with Gasteiger partial charge in [-0.2, -0.15) is 15.8 Å². The first-order chi connectivity index (χ1) is 22.6. The SMILES string of the molecule is N#Cc1ccc(-c2c(Cl)c(C#N)c(-n3c4ccccc4c4c5c6ccccc6n(-c6ccccc6)c5ccc43)c(C#N)c2Cl)cc1. The van der Waals surface area contributed by atoms with Crippen molar-refractivity contribution in [3.05, 3.63) is 142 Å². The van der Waals surface area contributed by atoms with Gasteiger partial charge in [0, 0.05) is 32.8 Å². The summed E-state index contributed by atoms with van der Waals surface area (Å²) in [5.74, 6) is 0. The minimum Gasteiger partial charge on any atom is -0.309 e. The first-order valence-corrected chi connectivity index (χ1v) is 15.2.